The van der Waals surface area contributed by atoms with Gasteiger partial charge in [0.2, 0.25) is 0 Å². The van der Waals surface area contributed by atoms with Gasteiger partial charge < -0.3 is 15.4 Å². The molecule has 0 spiro atoms. The number of hydrogen-bond donors (Lipinski definition) is 2. The number of halogens is 2. The molecule has 0 bridgehead atoms. The fourth-order valence-electron chi connectivity index (χ4n) is 2.59. The molecule has 1 fully saturated rings. The molecule has 24 heavy (non-hydrogen) atoms. The van der Waals surface area contributed by atoms with Crippen LogP contribution in [0.1, 0.15) is 25.3 Å². The zero-order valence-electron chi connectivity index (χ0n) is 14.3. The fourth-order valence-corrected chi connectivity index (χ4v) is 3.38. The number of benzene rings is 1. The van der Waals surface area contributed by atoms with Crippen LogP contribution in [-0.4, -0.2) is 43.3 Å². The molecule has 7 heteroatoms. The van der Waals surface area contributed by atoms with Crippen LogP contribution in [0.15, 0.2) is 29.3 Å². The third-order valence-electron chi connectivity index (χ3n) is 4.07. The van der Waals surface area contributed by atoms with E-state index in [2.05, 4.69) is 21.9 Å². The summed E-state index contributed by atoms with van der Waals surface area (Å²) in [4.78, 5) is 4.56. The van der Waals surface area contributed by atoms with Gasteiger partial charge in [0.15, 0.2) is 5.96 Å². The van der Waals surface area contributed by atoms with Gasteiger partial charge in [0.25, 0.3) is 0 Å². The van der Waals surface area contributed by atoms with Gasteiger partial charge in [-0.05, 0) is 43.7 Å². The van der Waals surface area contributed by atoms with Crippen molar-refractivity contribution < 1.29 is 9.13 Å². The van der Waals surface area contributed by atoms with Crippen LogP contribution < -0.4 is 10.6 Å². The minimum absolute atomic E-state index is 0. The molecule has 1 aliphatic heterocycles. The first kappa shape index (κ1) is 21.5. The largest absolute Gasteiger partial charge is 0.381 e. The lowest BCUT2D eigenvalue weighted by Crippen LogP contribution is -2.47. The standard InChI is InChI=1S/C17H26FN3OS.HI/c1-3-19-16(20-12-14-5-4-6-15(18)11-14)21-13-17(23-2)7-9-22-10-8-17;/h4-6,11H,3,7-10,12-13H2,1-2H3,(H2,19,20,21);1H. The topological polar surface area (TPSA) is 45.7 Å². The van der Waals surface area contributed by atoms with E-state index >= 15 is 0 Å². The van der Waals surface area contributed by atoms with Crippen molar-refractivity contribution in [1.29, 1.82) is 0 Å². The SMILES string of the molecule is CCNC(=NCc1cccc(F)c1)NCC1(SC)CCOCC1.I. The van der Waals surface area contributed by atoms with Crippen LogP contribution in [0.2, 0.25) is 0 Å². The minimum atomic E-state index is -0.223. The molecule has 1 aromatic rings. The number of ether oxygens (including phenoxy) is 1. The molecule has 1 aromatic carbocycles. The van der Waals surface area contributed by atoms with E-state index < -0.39 is 0 Å². The van der Waals surface area contributed by atoms with Crippen molar-refractivity contribution in [3.8, 4) is 0 Å². The highest BCUT2D eigenvalue weighted by Crippen LogP contribution is 2.32. The van der Waals surface area contributed by atoms with Crippen molar-refractivity contribution in [3.63, 3.8) is 0 Å². The van der Waals surface area contributed by atoms with E-state index in [1.807, 2.05) is 24.8 Å². The van der Waals surface area contributed by atoms with Crippen LogP contribution >= 0.6 is 35.7 Å². The van der Waals surface area contributed by atoms with Crippen molar-refractivity contribution in [2.75, 3.05) is 32.6 Å². The first-order valence-electron chi connectivity index (χ1n) is 8.07. The number of aliphatic imine (C=N–C) groups is 1. The maximum Gasteiger partial charge on any atom is 0.191 e. The molecule has 0 unspecified atom stereocenters. The molecule has 1 aliphatic rings. The maximum absolute atomic E-state index is 13.2. The molecule has 1 saturated heterocycles. The van der Waals surface area contributed by atoms with Gasteiger partial charge in [0, 0.05) is 31.1 Å². The van der Waals surface area contributed by atoms with E-state index in [4.69, 9.17) is 4.74 Å². The van der Waals surface area contributed by atoms with Crippen LogP contribution in [0.25, 0.3) is 0 Å². The molecule has 0 radical (unpaired) electrons. The average Bonchev–Trinajstić information content (AvgIpc) is 2.58. The van der Waals surface area contributed by atoms with Gasteiger partial charge in [0.1, 0.15) is 5.82 Å². The third kappa shape index (κ3) is 6.76. The highest BCUT2D eigenvalue weighted by molar-refractivity contribution is 14.0. The molecule has 1 heterocycles. The van der Waals surface area contributed by atoms with E-state index in [0.29, 0.717) is 6.54 Å². The Morgan fingerprint density at radius 3 is 2.71 bits per heavy atom. The van der Waals surface area contributed by atoms with Gasteiger partial charge in [0.05, 0.1) is 6.54 Å². The summed E-state index contributed by atoms with van der Waals surface area (Å²) in [5.41, 5.74) is 0.868. The Hall–Kier alpha value is -0.540. The zero-order valence-corrected chi connectivity index (χ0v) is 17.5. The Morgan fingerprint density at radius 2 is 2.08 bits per heavy atom. The highest BCUT2D eigenvalue weighted by Gasteiger charge is 2.31. The van der Waals surface area contributed by atoms with Gasteiger partial charge in [-0.25, -0.2) is 9.38 Å². The monoisotopic (exact) mass is 467 g/mol. The van der Waals surface area contributed by atoms with Crippen LogP contribution in [0.4, 0.5) is 4.39 Å². The average molecular weight is 467 g/mol. The lowest BCUT2D eigenvalue weighted by molar-refractivity contribution is 0.0783. The van der Waals surface area contributed by atoms with Gasteiger partial charge in [-0.1, -0.05) is 12.1 Å². The summed E-state index contributed by atoms with van der Waals surface area (Å²) in [6.07, 6.45) is 4.25. The normalized spacial score (nSPS) is 17.0. The van der Waals surface area contributed by atoms with Gasteiger partial charge in [-0.3, -0.25) is 0 Å². The van der Waals surface area contributed by atoms with Crippen molar-refractivity contribution >= 4 is 41.7 Å². The molecule has 0 amide bonds. The Balaban J connectivity index is 0.00000288. The van der Waals surface area contributed by atoms with E-state index in [9.17, 15) is 4.39 Å². The molecule has 2 rings (SSSR count). The summed E-state index contributed by atoms with van der Waals surface area (Å²) >= 11 is 1.89. The third-order valence-corrected chi connectivity index (χ3v) is 5.49. The Labute approximate surface area is 165 Å². The molecule has 0 saturated carbocycles. The summed E-state index contributed by atoms with van der Waals surface area (Å²) in [5.74, 6) is 0.552. The second-order valence-electron chi connectivity index (χ2n) is 5.68. The van der Waals surface area contributed by atoms with Gasteiger partial charge in [-0.15, -0.1) is 24.0 Å². The predicted molar refractivity (Wildman–Crippen MR) is 111 cm³/mol. The molecule has 136 valence electrons. The summed E-state index contributed by atoms with van der Waals surface area (Å²) in [6, 6.07) is 6.57. The number of nitrogens with one attached hydrogen (secondary N) is 2. The Bertz CT molecular complexity index is 524. The first-order chi connectivity index (χ1) is 11.2. The lowest BCUT2D eigenvalue weighted by atomic mass is 9.99. The van der Waals surface area contributed by atoms with Crippen LogP contribution in [-0.2, 0) is 11.3 Å². The van der Waals surface area contributed by atoms with Crippen molar-refractivity contribution in [2.45, 2.75) is 31.1 Å². The van der Waals surface area contributed by atoms with E-state index in [-0.39, 0.29) is 34.5 Å². The maximum atomic E-state index is 13.2. The second-order valence-corrected chi connectivity index (χ2v) is 6.95. The van der Waals surface area contributed by atoms with E-state index in [1.54, 1.807) is 6.07 Å². The Kier molecular flexibility index (Phi) is 9.99. The highest BCUT2D eigenvalue weighted by atomic mass is 127. The minimum Gasteiger partial charge on any atom is -0.381 e. The van der Waals surface area contributed by atoms with E-state index in [1.165, 1.54) is 12.1 Å². The number of hydrogen-bond acceptors (Lipinski definition) is 3. The lowest BCUT2D eigenvalue weighted by Gasteiger charge is -2.36. The predicted octanol–water partition coefficient (Wildman–Crippen LogP) is 3.41. The van der Waals surface area contributed by atoms with Crippen LogP contribution in [0.5, 0.6) is 0 Å². The summed E-state index contributed by atoms with van der Waals surface area (Å²) in [6.45, 7) is 5.79. The number of guanidine groups is 1. The molecule has 0 atom stereocenters. The zero-order chi connectivity index (χ0) is 16.5. The summed E-state index contributed by atoms with van der Waals surface area (Å²) < 4.78 is 18.9. The first-order valence-corrected chi connectivity index (χ1v) is 9.29. The van der Waals surface area contributed by atoms with Crippen molar-refractivity contribution in [1.82, 2.24) is 10.6 Å². The number of nitrogens with zero attached hydrogens (tertiary/aromatic N) is 1. The van der Waals surface area contributed by atoms with Gasteiger partial charge in [-0.2, -0.15) is 11.8 Å². The van der Waals surface area contributed by atoms with Gasteiger partial charge >= 0.3 is 0 Å². The van der Waals surface area contributed by atoms with Crippen LogP contribution in [0, 0.1) is 5.82 Å². The molecule has 4 nitrogen and oxygen atoms in total. The molecule has 0 aliphatic carbocycles. The quantitative estimate of drug-likeness (QED) is 0.383. The van der Waals surface area contributed by atoms with Crippen molar-refractivity contribution in [3.05, 3.63) is 35.6 Å². The molecular formula is C17H27FIN3OS. The molecule has 0 aromatic heterocycles. The summed E-state index contributed by atoms with van der Waals surface area (Å²) in [5, 5.41) is 6.69. The molecule has 2 N–H and O–H groups in total. The Morgan fingerprint density at radius 1 is 1.33 bits per heavy atom. The second kappa shape index (κ2) is 11.1. The van der Waals surface area contributed by atoms with E-state index in [0.717, 1.165) is 50.7 Å². The smallest absolute Gasteiger partial charge is 0.191 e. The number of rotatable bonds is 6. The van der Waals surface area contributed by atoms with Crippen LogP contribution in [0.3, 0.4) is 0 Å². The fraction of sp³-hybridized carbons (Fsp3) is 0.588. The molecular weight excluding hydrogens is 440 g/mol. The summed E-state index contributed by atoms with van der Waals surface area (Å²) in [7, 11) is 0. The number of thioether (sulfide) groups is 1. The van der Waals surface area contributed by atoms with Crippen molar-refractivity contribution in [2.24, 2.45) is 4.99 Å².